The number of nitrogens with zero attached hydrogens (tertiary/aromatic N) is 1. The number of nitrogens with one attached hydrogen (secondary N) is 1. The topological polar surface area (TPSA) is 58.4 Å². The SMILES string of the molecule is NC(=O)CC1CCN(CC2CCCCN2)CC1. The van der Waals surface area contributed by atoms with Gasteiger partial charge in [0.25, 0.3) is 0 Å². The van der Waals surface area contributed by atoms with Crippen molar-refractivity contribution in [2.45, 2.75) is 44.6 Å². The maximum absolute atomic E-state index is 10.9. The molecule has 0 aliphatic carbocycles. The molecule has 0 aromatic heterocycles. The van der Waals surface area contributed by atoms with Crippen LogP contribution >= 0.6 is 0 Å². The molecule has 1 amide bonds. The quantitative estimate of drug-likeness (QED) is 0.760. The molecule has 2 rings (SSSR count). The number of likely N-dealkylation sites (tertiary alicyclic amines) is 1. The average molecular weight is 239 g/mol. The lowest BCUT2D eigenvalue weighted by Crippen LogP contribution is -2.46. The third-order valence-corrected chi connectivity index (χ3v) is 4.09. The molecule has 1 atom stereocenters. The van der Waals surface area contributed by atoms with Gasteiger partial charge in [0.2, 0.25) is 5.91 Å². The first kappa shape index (κ1) is 12.8. The molecule has 4 heteroatoms. The van der Waals surface area contributed by atoms with Crippen LogP contribution < -0.4 is 11.1 Å². The number of hydrogen-bond donors (Lipinski definition) is 2. The first-order chi connectivity index (χ1) is 8.24. The molecular formula is C13H25N3O. The number of piperidine rings is 2. The Morgan fingerprint density at radius 1 is 1.24 bits per heavy atom. The van der Waals surface area contributed by atoms with Crippen molar-refractivity contribution in [1.29, 1.82) is 0 Å². The number of carbonyl (C=O) groups is 1. The van der Waals surface area contributed by atoms with Crippen LogP contribution in [-0.2, 0) is 4.79 Å². The Kier molecular flexibility index (Phi) is 4.80. The van der Waals surface area contributed by atoms with E-state index in [1.165, 1.54) is 32.4 Å². The third kappa shape index (κ3) is 4.28. The Bertz CT molecular complexity index is 243. The van der Waals surface area contributed by atoms with E-state index in [2.05, 4.69) is 10.2 Å². The minimum atomic E-state index is -0.141. The number of hydrogen-bond acceptors (Lipinski definition) is 3. The molecule has 2 fully saturated rings. The molecule has 2 aliphatic heterocycles. The number of nitrogens with two attached hydrogens (primary N) is 1. The third-order valence-electron chi connectivity index (χ3n) is 4.09. The Morgan fingerprint density at radius 3 is 2.59 bits per heavy atom. The van der Waals surface area contributed by atoms with Crippen molar-refractivity contribution in [3.8, 4) is 0 Å². The molecule has 0 saturated carbocycles. The minimum absolute atomic E-state index is 0.141. The normalized spacial score (nSPS) is 28.1. The van der Waals surface area contributed by atoms with Crippen LogP contribution in [0.5, 0.6) is 0 Å². The molecule has 0 radical (unpaired) electrons. The molecular weight excluding hydrogens is 214 g/mol. The van der Waals surface area contributed by atoms with Crippen LogP contribution in [-0.4, -0.2) is 43.0 Å². The second-order valence-electron chi connectivity index (χ2n) is 5.56. The van der Waals surface area contributed by atoms with Gasteiger partial charge in [-0.1, -0.05) is 6.42 Å². The summed E-state index contributed by atoms with van der Waals surface area (Å²) in [5, 5.41) is 3.59. The van der Waals surface area contributed by atoms with Gasteiger partial charge >= 0.3 is 0 Å². The molecule has 0 aromatic rings. The highest BCUT2D eigenvalue weighted by atomic mass is 16.1. The lowest BCUT2D eigenvalue weighted by molar-refractivity contribution is -0.119. The summed E-state index contributed by atoms with van der Waals surface area (Å²) in [5.41, 5.74) is 5.24. The molecule has 2 aliphatic rings. The van der Waals surface area contributed by atoms with Crippen molar-refractivity contribution in [2.24, 2.45) is 11.7 Å². The van der Waals surface area contributed by atoms with Gasteiger partial charge in [-0.2, -0.15) is 0 Å². The van der Waals surface area contributed by atoms with E-state index < -0.39 is 0 Å². The number of primary amides is 1. The Balaban J connectivity index is 1.66. The highest BCUT2D eigenvalue weighted by Gasteiger charge is 2.23. The fourth-order valence-electron chi connectivity index (χ4n) is 3.05. The van der Waals surface area contributed by atoms with E-state index in [1.54, 1.807) is 0 Å². The van der Waals surface area contributed by atoms with Gasteiger partial charge in [-0.15, -0.1) is 0 Å². The predicted octanol–water partition coefficient (Wildman–Crippen LogP) is 0.716. The van der Waals surface area contributed by atoms with Crippen LogP contribution in [0.4, 0.5) is 0 Å². The van der Waals surface area contributed by atoms with E-state index in [9.17, 15) is 4.79 Å². The van der Waals surface area contributed by atoms with E-state index in [0.717, 1.165) is 25.9 Å². The van der Waals surface area contributed by atoms with Crippen LogP contribution in [0.3, 0.4) is 0 Å². The lowest BCUT2D eigenvalue weighted by atomic mass is 9.92. The summed E-state index contributed by atoms with van der Waals surface area (Å²) in [7, 11) is 0. The monoisotopic (exact) mass is 239 g/mol. The fourth-order valence-corrected chi connectivity index (χ4v) is 3.05. The van der Waals surface area contributed by atoms with Gasteiger partial charge in [0.05, 0.1) is 0 Å². The lowest BCUT2D eigenvalue weighted by Gasteiger charge is -2.35. The number of rotatable bonds is 4. The van der Waals surface area contributed by atoms with Crippen LogP contribution in [0.25, 0.3) is 0 Å². The van der Waals surface area contributed by atoms with Gasteiger partial charge in [-0.3, -0.25) is 4.79 Å². The fraction of sp³-hybridized carbons (Fsp3) is 0.923. The second kappa shape index (κ2) is 6.36. The Hall–Kier alpha value is -0.610. The molecule has 0 bridgehead atoms. The summed E-state index contributed by atoms with van der Waals surface area (Å²) >= 11 is 0. The molecule has 0 spiro atoms. The first-order valence-corrected chi connectivity index (χ1v) is 6.98. The van der Waals surface area contributed by atoms with Crippen LogP contribution in [0.15, 0.2) is 0 Å². The first-order valence-electron chi connectivity index (χ1n) is 6.98. The summed E-state index contributed by atoms with van der Waals surface area (Å²) in [5.74, 6) is 0.389. The molecule has 98 valence electrons. The van der Waals surface area contributed by atoms with Crippen molar-refractivity contribution in [2.75, 3.05) is 26.2 Å². The van der Waals surface area contributed by atoms with Gasteiger partial charge < -0.3 is 16.0 Å². The van der Waals surface area contributed by atoms with Gasteiger partial charge in [0.15, 0.2) is 0 Å². The van der Waals surface area contributed by atoms with Gasteiger partial charge in [-0.05, 0) is 51.2 Å². The van der Waals surface area contributed by atoms with Crippen LogP contribution in [0, 0.1) is 5.92 Å². The summed E-state index contributed by atoms with van der Waals surface area (Å²) in [6, 6.07) is 0.691. The summed E-state index contributed by atoms with van der Waals surface area (Å²) in [6.07, 6.45) is 6.87. The molecule has 1 unspecified atom stereocenters. The summed E-state index contributed by atoms with van der Waals surface area (Å²) in [4.78, 5) is 13.4. The predicted molar refractivity (Wildman–Crippen MR) is 68.6 cm³/mol. The Labute approximate surface area is 104 Å². The van der Waals surface area contributed by atoms with Gasteiger partial charge in [0, 0.05) is 19.0 Å². The van der Waals surface area contributed by atoms with Crippen LogP contribution in [0.2, 0.25) is 0 Å². The molecule has 2 heterocycles. The van der Waals surface area contributed by atoms with E-state index >= 15 is 0 Å². The summed E-state index contributed by atoms with van der Waals surface area (Å²) in [6.45, 7) is 4.64. The zero-order valence-electron chi connectivity index (χ0n) is 10.7. The molecule has 3 N–H and O–H groups in total. The van der Waals surface area contributed by atoms with Crippen molar-refractivity contribution in [1.82, 2.24) is 10.2 Å². The van der Waals surface area contributed by atoms with E-state index in [1.807, 2.05) is 0 Å². The zero-order valence-corrected chi connectivity index (χ0v) is 10.7. The minimum Gasteiger partial charge on any atom is -0.370 e. The summed E-state index contributed by atoms with van der Waals surface area (Å²) < 4.78 is 0. The van der Waals surface area contributed by atoms with E-state index in [4.69, 9.17) is 5.73 Å². The number of carbonyl (C=O) groups excluding carboxylic acids is 1. The Morgan fingerprint density at radius 2 is 2.00 bits per heavy atom. The van der Waals surface area contributed by atoms with Crippen LogP contribution in [0.1, 0.15) is 38.5 Å². The second-order valence-corrected chi connectivity index (χ2v) is 5.56. The smallest absolute Gasteiger partial charge is 0.217 e. The van der Waals surface area contributed by atoms with E-state index in [0.29, 0.717) is 18.4 Å². The molecule has 0 aromatic carbocycles. The molecule has 4 nitrogen and oxygen atoms in total. The maximum atomic E-state index is 10.9. The molecule has 17 heavy (non-hydrogen) atoms. The van der Waals surface area contributed by atoms with Crippen molar-refractivity contribution in [3.63, 3.8) is 0 Å². The highest BCUT2D eigenvalue weighted by Crippen LogP contribution is 2.21. The zero-order chi connectivity index (χ0) is 12.1. The van der Waals surface area contributed by atoms with Crippen molar-refractivity contribution < 1.29 is 4.79 Å². The number of amides is 1. The molecule has 2 saturated heterocycles. The van der Waals surface area contributed by atoms with Crippen molar-refractivity contribution in [3.05, 3.63) is 0 Å². The van der Waals surface area contributed by atoms with E-state index in [-0.39, 0.29) is 5.91 Å². The standard InChI is InChI=1S/C13H25N3O/c14-13(17)9-11-4-7-16(8-5-11)10-12-3-1-2-6-15-12/h11-12,15H,1-10H2,(H2,14,17). The highest BCUT2D eigenvalue weighted by molar-refractivity contribution is 5.73. The largest absolute Gasteiger partial charge is 0.370 e. The van der Waals surface area contributed by atoms with Gasteiger partial charge in [0.1, 0.15) is 0 Å². The van der Waals surface area contributed by atoms with Crippen molar-refractivity contribution >= 4 is 5.91 Å². The van der Waals surface area contributed by atoms with Gasteiger partial charge in [-0.25, -0.2) is 0 Å². The average Bonchev–Trinajstić information content (AvgIpc) is 2.32. The maximum Gasteiger partial charge on any atom is 0.217 e.